The zero-order chi connectivity index (χ0) is 12.0. The number of hydrogen-bond donors (Lipinski definition) is 2. The van der Waals surface area contributed by atoms with Gasteiger partial charge in [0.15, 0.2) is 0 Å². The maximum absolute atomic E-state index is 10.5. The van der Waals surface area contributed by atoms with Gasteiger partial charge in [-0.2, -0.15) is 5.26 Å². The molecule has 4 heteroatoms. The Hall–Kier alpha value is -2.02. The topological polar surface area (TPSA) is 73.1 Å². The van der Waals surface area contributed by atoms with Gasteiger partial charge in [0, 0.05) is 11.7 Å². The third-order valence-corrected chi connectivity index (χ3v) is 2.13. The predicted octanol–water partition coefficient (Wildman–Crippen LogP) is 2.03. The Labute approximate surface area is 94.5 Å². The first kappa shape index (κ1) is 12.1. The van der Waals surface area contributed by atoms with E-state index >= 15 is 0 Å². The number of carboxylic acids is 1. The molecule has 0 bridgehead atoms. The number of aliphatic carboxylic acids is 1. The quantitative estimate of drug-likeness (QED) is 0.793. The van der Waals surface area contributed by atoms with Gasteiger partial charge in [-0.15, -0.1) is 0 Å². The molecule has 0 aliphatic carbocycles. The molecule has 1 aromatic rings. The number of anilines is 1. The summed E-state index contributed by atoms with van der Waals surface area (Å²) < 4.78 is 0. The van der Waals surface area contributed by atoms with Crippen LogP contribution in [0.2, 0.25) is 0 Å². The van der Waals surface area contributed by atoms with E-state index in [4.69, 9.17) is 10.4 Å². The summed E-state index contributed by atoms with van der Waals surface area (Å²) >= 11 is 0. The molecule has 1 unspecified atom stereocenters. The van der Waals surface area contributed by atoms with Crippen LogP contribution in [0.25, 0.3) is 0 Å². The number of carbonyl (C=O) groups is 1. The van der Waals surface area contributed by atoms with Gasteiger partial charge in [0.05, 0.1) is 18.9 Å². The van der Waals surface area contributed by atoms with E-state index in [0.717, 1.165) is 11.3 Å². The lowest BCUT2D eigenvalue weighted by Gasteiger charge is -2.13. The number of carboxylic acid groups (broad SMARTS) is 1. The molecule has 0 saturated heterocycles. The average molecular weight is 218 g/mol. The molecular weight excluding hydrogens is 204 g/mol. The molecule has 0 spiro atoms. The van der Waals surface area contributed by atoms with Gasteiger partial charge >= 0.3 is 5.97 Å². The monoisotopic (exact) mass is 218 g/mol. The van der Waals surface area contributed by atoms with Gasteiger partial charge in [-0.25, -0.2) is 0 Å². The van der Waals surface area contributed by atoms with Crippen LogP contribution in [-0.2, 0) is 11.2 Å². The van der Waals surface area contributed by atoms with Crippen molar-refractivity contribution in [2.75, 3.05) is 5.32 Å². The van der Waals surface area contributed by atoms with Crippen molar-refractivity contribution in [1.82, 2.24) is 0 Å². The largest absolute Gasteiger partial charge is 0.481 e. The van der Waals surface area contributed by atoms with Gasteiger partial charge in [-0.1, -0.05) is 12.1 Å². The highest BCUT2D eigenvalue weighted by Gasteiger charge is 2.06. The van der Waals surface area contributed by atoms with Crippen LogP contribution in [0.5, 0.6) is 0 Å². The van der Waals surface area contributed by atoms with Crippen LogP contribution >= 0.6 is 0 Å². The first-order chi connectivity index (χ1) is 7.61. The Morgan fingerprint density at radius 3 is 2.62 bits per heavy atom. The second kappa shape index (κ2) is 5.76. The Morgan fingerprint density at radius 2 is 2.12 bits per heavy atom. The van der Waals surface area contributed by atoms with Crippen molar-refractivity contribution in [3.8, 4) is 6.07 Å². The van der Waals surface area contributed by atoms with Crippen LogP contribution in [0.15, 0.2) is 24.3 Å². The van der Waals surface area contributed by atoms with Crippen LogP contribution in [0.4, 0.5) is 5.69 Å². The fourth-order valence-electron chi connectivity index (χ4n) is 1.41. The van der Waals surface area contributed by atoms with E-state index in [0.29, 0.717) is 6.42 Å². The molecule has 0 radical (unpaired) electrons. The van der Waals surface area contributed by atoms with E-state index in [9.17, 15) is 4.79 Å². The molecule has 1 rings (SSSR count). The van der Waals surface area contributed by atoms with E-state index in [1.807, 2.05) is 31.2 Å². The van der Waals surface area contributed by atoms with Gasteiger partial charge in [0.25, 0.3) is 0 Å². The minimum atomic E-state index is -0.818. The summed E-state index contributed by atoms with van der Waals surface area (Å²) in [7, 11) is 0. The molecule has 1 atom stereocenters. The summed E-state index contributed by atoms with van der Waals surface area (Å²) in [5.74, 6) is -0.818. The first-order valence-electron chi connectivity index (χ1n) is 5.06. The zero-order valence-electron chi connectivity index (χ0n) is 9.10. The van der Waals surface area contributed by atoms with E-state index in [1.54, 1.807) is 0 Å². The molecule has 0 fully saturated rings. The molecule has 0 saturated carbocycles. The Kier molecular flexibility index (Phi) is 4.34. The molecule has 0 amide bonds. The Balaban J connectivity index is 2.55. The number of rotatable bonds is 5. The smallest absolute Gasteiger partial charge is 0.305 e. The van der Waals surface area contributed by atoms with Gasteiger partial charge in [-0.3, -0.25) is 4.79 Å². The van der Waals surface area contributed by atoms with Crippen molar-refractivity contribution < 1.29 is 9.90 Å². The minimum absolute atomic E-state index is 0.0833. The molecule has 0 aliphatic heterocycles. The van der Waals surface area contributed by atoms with Crippen LogP contribution < -0.4 is 5.32 Å². The SMILES string of the molecule is CC(CC(=O)O)Nc1ccc(CC#N)cc1. The molecule has 84 valence electrons. The van der Waals surface area contributed by atoms with Crippen molar-refractivity contribution in [1.29, 1.82) is 5.26 Å². The van der Waals surface area contributed by atoms with Gasteiger partial charge in [-0.05, 0) is 24.6 Å². The summed E-state index contributed by atoms with van der Waals surface area (Å²) in [5, 5.41) is 20.2. The summed E-state index contributed by atoms with van der Waals surface area (Å²) in [5.41, 5.74) is 1.83. The first-order valence-corrected chi connectivity index (χ1v) is 5.06. The maximum atomic E-state index is 10.5. The van der Waals surface area contributed by atoms with Crippen molar-refractivity contribution in [2.24, 2.45) is 0 Å². The highest BCUT2D eigenvalue weighted by Crippen LogP contribution is 2.12. The molecule has 0 heterocycles. The van der Waals surface area contributed by atoms with E-state index in [1.165, 1.54) is 0 Å². The van der Waals surface area contributed by atoms with Crippen molar-refractivity contribution in [3.63, 3.8) is 0 Å². The highest BCUT2D eigenvalue weighted by molar-refractivity contribution is 5.68. The Bertz CT molecular complexity index is 392. The lowest BCUT2D eigenvalue weighted by Crippen LogP contribution is -2.19. The summed E-state index contributed by atoms with van der Waals surface area (Å²) in [4.78, 5) is 10.5. The second-order valence-corrected chi connectivity index (χ2v) is 3.68. The fourth-order valence-corrected chi connectivity index (χ4v) is 1.41. The predicted molar refractivity (Wildman–Crippen MR) is 61.1 cm³/mol. The van der Waals surface area contributed by atoms with Gasteiger partial charge in [0.2, 0.25) is 0 Å². The third kappa shape index (κ3) is 4.01. The molecule has 4 nitrogen and oxygen atoms in total. The average Bonchev–Trinajstić information content (AvgIpc) is 2.20. The van der Waals surface area contributed by atoms with Crippen molar-refractivity contribution >= 4 is 11.7 Å². The van der Waals surface area contributed by atoms with Gasteiger partial charge < -0.3 is 10.4 Å². The normalized spacial score (nSPS) is 11.5. The summed E-state index contributed by atoms with van der Waals surface area (Å²) in [6, 6.07) is 9.39. The van der Waals surface area contributed by atoms with E-state index in [-0.39, 0.29) is 12.5 Å². The summed E-state index contributed by atoms with van der Waals surface area (Å²) in [6.45, 7) is 1.82. The van der Waals surface area contributed by atoms with Crippen LogP contribution in [0.1, 0.15) is 18.9 Å². The number of nitrogens with zero attached hydrogens (tertiary/aromatic N) is 1. The molecule has 0 aliphatic rings. The highest BCUT2D eigenvalue weighted by atomic mass is 16.4. The van der Waals surface area contributed by atoms with E-state index in [2.05, 4.69) is 11.4 Å². The van der Waals surface area contributed by atoms with Crippen LogP contribution in [0, 0.1) is 11.3 Å². The van der Waals surface area contributed by atoms with Crippen molar-refractivity contribution in [2.45, 2.75) is 25.8 Å². The number of nitrogens with one attached hydrogen (secondary N) is 1. The number of benzene rings is 1. The minimum Gasteiger partial charge on any atom is -0.481 e. The van der Waals surface area contributed by atoms with Gasteiger partial charge in [0.1, 0.15) is 0 Å². The maximum Gasteiger partial charge on any atom is 0.305 e. The lowest BCUT2D eigenvalue weighted by molar-refractivity contribution is -0.137. The molecule has 1 aromatic carbocycles. The molecule has 0 aromatic heterocycles. The standard InChI is InChI=1S/C12H14N2O2/c1-9(8-12(15)16)14-11-4-2-10(3-5-11)6-7-13/h2-5,9,14H,6,8H2,1H3,(H,15,16). The lowest BCUT2D eigenvalue weighted by atomic mass is 10.1. The van der Waals surface area contributed by atoms with Crippen molar-refractivity contribution in [3.05, 3.63) is 29.8 Å². The van der Waals surface area contributed by atoms with E-state index < -0.39 is 5.97 Å². The van der Waals surface area contributed by atoms with Crippen LogP contribution in [-0.4, -0.2) is 17.1 Å². The fraction of sp³-hybridized carbons (Fsp3) is 0.333. The molecule has 16 heavy (non-hydrogen) atoms. The zero-order valence-corrected chi connectivity index (χ0v) is 9.10. The molecular formula is C12H14N2O2. The summed E-state index contributed by atoms with van der Waals surface area (Å²) in [6.07, 6.45) is 0.477. The Morgan fingerprint density at radius 1 is 1.50 bits per heavy atom. The number of hydrogen-bond acceptors (Lipinski definition) is 3. The number of nitriles is 1. The third-order valence-electron chi connectivity index (χ3n) is 2.13. The van der Waals surface area contributed by atoms with Crippen LogP contribution in [0.3, 0.4) is 0 Å². The molecule has 2 N–H and O–H groups in total. The second-order valence-electron chi connectivity index (χ2n) is 3.68.